The molecule has 0 aliphatic rings. The molecule has 2 aromatic heterocycles. The van der Waals surface area contributed by atoms with Gasteiger partial charge in [-0.05, 0) is 29.8 Å². The quantitative estimate of drug-likeness (QED) is 0.832. The Morgan fingerprint density at radius 1 is 1.04 bits per heavy atom. The van der Waals surface area contributed by atoms with Crippen LogP contribution in [0.2, 0.25) is 0 Å². The van der Waals surface area contributed by atoms with Crippen molar-refractivity contribution in [3.8, 4) is 0 Å². The summed E-state index contributed by atoms with van der Waals surface area (Å²) < 4.78 is 38.5. The molecule has 9 heteroatoms. The van der Waals surface area contributed by atoms with Crippen molar-refractivity contribution in [1.82, 2.24) is 20.6 Å². The van der Waals surface area contributed by atoms with Crippen LogP contribution in [0.25, 0.3) is 0 Å². The molecule has 2 rings (SSSR count). The highest BCUT2D eigenvalue weighted by Gasteiger charge is 2.35. The number of carbonyl (C=O) groups excluding carboxylic acids is 2. The molecule has 132 valence electrons. The number of halogens is 3. The molecule has 2 aromatic rings. The second-order valence-electron chi connectivity index (χ2n) is 5.04. The van der Waals surface area contributed by atoms with Crippen molar-refractivity contribution in [2.75, 3.05) is 6.54 Å². The van der Waals surface area contributed by atoms with Crippen LogP contribution in [0.1, 0.15) is 28.0 Å². The molecule has 0 aromatic carbocycles. The predicted octanol–water partition coefficient (Wildman–Crippen LogP) is 1.93. The number of pyridine rings is 2. The Hall–Kier alpha value is -2.97. The number of rotatable bonds is 6. The molecule has 0 aliphatic carbocycles. The molecule has 6 nitrogen and oxygen atoms in total. The van der Waals surface area contributed by atoms with Crippen LogP contribution >= 0.6 is 0 Å². The lowest BCUT2D eigenvalue weighted by atomic mass is 10.1. The van der Waals surface area contributed by atoms with Crippen molar-refractivity contribution >= 4 is 11.8 Å². The van der Waals surface area contributed by atoms with E-state index in [1.807, 2.05) is 0 Å². The molecule has 25 heavy (non-hydrogen) atoms. The summed E-state index contributed by atoms with van der Waals surface area (Å²) in [6.07, 6.45) is -0.459. The molecule has 0 spiro atoms. The molecule has 2 heterocycles. The molecule has 0 bridgehead atoms. The summed E-state index contributed by atoms with van der Waals surface area (Å²) in [6, 6.07) is 5.36. The Bertz CT molecular complexity index is 736. The summed E-state index contributed by atoms with van der Waals surface area (Å²) in [5.74, 6) is -1.32. The highest BCUT2D eigenvalue weighted by molar-refractivity contribution is 5.94. The van der Waals surface area contributed by atoms with Gasteiger partial charge in [0.25, 0.3) is 5.91 Å². The smallest absolute Gasteiger partial charge is 0.352 e. The van der Waals surface area contributed by atoms with Gasteiger partial charge in [-0.2, -0.15) is 13.2 Å². The molecule has 2 amide bonds. The normalized spacial score (nSPS) is 11.0. The van der Waals surface area contributed by atoms with Gasteiger partial charge in [-0.25, -0.2) is 0 Å². The van der Waals surface area contributed by atoms with Crippen LogP contribution in [0.4, 0.5) is 13.2 Å². The van der Waals surface area contributed by atoms with E-state index in [1.165, 1.54) is 0 Å². The van der Waals surface area contributed by atoms with E-state index < -0.39 is 23.3 Å². The standard InChI is InChI=1S/C16H15F3N4O2/c17-16(18,19)12-2-1-6-21-14(12)15(25)22-9-5-13(24)23-10-11-3-7-20-8-4-11/h1-4,6-8H,5,9-10H2,(H,22,25)(H,23,24). The minimum absolute atomic E-state index is 0.0645. The average molecular weight is 352 g/mol. The summed E-state index contributed by atoms with van der Waals surface area (Å²) in [5, 5.41) is 4.90. The molecule has 0 saturated heterocycles. The average Bonchev–Trinajstić information content (AvgIpc) is 2.60. The summed E-state index contributed by atoms with van der Waals surface area (Å²) in [7, 11) is 0. The molecular formula is C16H15F3N4O2. The number of hydrogen-bond donors (Lipinski definition) is 2. The van der Waals surface area contributed by atoms with Gasteiger partial charge in [0.15, 0.2) is 0 Å². The third-order valence-electron chi connectivity index (χ3n) is 3.20. The first-order chi connectivity index (χ1) is 11.9. The Kier molecular flexibility index (Phi) is 6.04. The van der Waals surface area contributed by atoms with Crippen LogP contribution in [-0.2, 0) is 17.5 Å². The summed E-state index contributed by atoms with van der Waals surface area (Å²) in [5.41, 5.74) is -0.975. The van der Waals surface area contributed by atoms with E-state index in [4.69, 9.17) is 0 Å². The number of nitrogens with one attached hydrogen (secondary N) is 2. The van der Waals surface area contributed by atoms with Crippen molar-refractivity contribution in [3.63, 3.8) is 0 Å². The van der Waals surface area contributed by atoms with Crippen molar-refractivity contribution in [2.45, 2.75) is 19.1 Å². The van der Waals surface area contributed by atoms with Gasteiger partial charge >= 0.3 is 6.18 Å². The van der Waals surface area contributed by atoms with Crippen molar-refractivity contribution < 1.29 is 22.8 Å². The van der Waals surface area contributed by atoms with Gasteiger partial charge < -0.3 is 10.6 Å². The van der Waals surface area contributed by atoms with Gasteiger partial charge in [-0.15, -0.1) is 0 Å². The minimum Gasteiger partial charge on any atom is -0.352 e. The van der Waals surface area contributed by atoms with Gasteiger partial charge in [0.1, 0.15) is 5.69 Å². The molecule has 2 N–H and O–H groups in total. The summed E-state index contributed by atoms with van der Waals surface area (Å²) >= 11 is 0. The van der Waals surface area contributed by atoms with Crippen LogP contribution in [-0.4, -0.2) is 28.3 Å². The Morgan fingerprint density at radius 2 is 1.76 bits per heavy atom. The second kappa shape index (κ2) is 8.22. The van der Waals surface area contributed by atoms with Crippen molar-refractivity contribution in [2.24, 2.45) is 0 Å². The lowest BCUT2D eigenvalue weighted by Gasteiger charge is -2.11. The number of carbonyl (C=O) groups is 2. The van der Waals surface area contributed by atoms with Crippen LogP contribution in [0.3, 0.4) is 0 Å². The SMILES string of the molecule is O=C(CCNC(=O)c1ncccc1C(F)(F)F)NCc1ccncc1. The van der Waals surface area contributed by atoms with E-state index in [0.717, 1.165) is 23.9 Å². The largest absolute Gasteiger partial charge is 0.418 e. The van der Waals surface area contributed by atoms with Gasteiger partial charge in [-0.1, -0.05) is 0 Å². The van der Waals surface area contributed by atoms with E-state index >= 15 is 0 Å². The Labute approximate surface area is 141 Å². The molecule has 0 radical (unpaired) electrons. The number of nitrogens with zero attached hydrogens (tertiary/aromatic N) is 2. The lowest BCUT2D eigenvalue weighted by molar-refractivity contribution is -0.138. The molecular weight excluding hydrogens is 337 g/mol. The van der Waals surface area contributed by atoms with Crippen LogP contribution < -0.4 is 10.6 Å². The van der Waals surface area contributed by atoms with E-state index in [2.05, 4.69) is 20.6 Å². The minimum atomic E-state index is -4.68. The van der Waals surface area contributed by atoms with Crippen molar-refractivity contribution in [3.05, 3.63) is 59.7 Å². The first-order valence-electron chi connectivity index (χ1n) is 7.34. The predicted molar refractivity (Wildman–Crippen MR) is 82.3 cm³/mol. The van der Waals surface area contributed by atoms with Crippen LogP contribution in [0.15, 0.2) is 42.9 Å². The number of alkyl halides is 3. The summed E-state index contributed by atoms with van der Waals surface area (Å²) in [6.45, 7) is 0.197. The highest BCUT2D eigenvalue weighted by Crippen LogP contribution is 2.30. The lowest BCUT2D eigenvalue weighted by Crippen LogP contribution is -2.32. The fraction of sp³-hybridized carbons (Fsp3) is 0.250. The number of hydrogen-bond acceptors (Lipinski definition) is 4. The molecule has 0 saturated carbocycles. The fourth-order valence-corrected chi connectivity index (χ4v) is 1.98. The van der Waals surface area contributed by atoms with Gasteiger partial charge in [-0.3, -0.25) is 19.6 Å². The van der Waals surface area contributed by atoms with E-state index in [1.54, 1.807) is 24.5 Å². The third kappa shape index (κ3) is 5.55. The van der Waals surface area contributed by atoms with Gasteiger partial charge in [0.2, 0.25) is 5.91 Å². The highest BCUT2D eigenvalue weighted by atomic mass is 19.4. The topological polar surface area (TPSA) is 84.0 Å². The number of aromatic nitrogens is 2. The molecule has 0 unspecified atom stereocenters. The monoisotopic (exact) mass is 352 g/mol. The number of amides is 2. The van der Waals surface area contributed by atoms with E-state index in [-0.39, 0.29) is 18.9 Å². The maximum absolute atomic E-state index is 12.8. The van der Waals surface area contributed by atoms with Gasteiger partial charge in [0, 0.05) is 38.1 Å². The maximum Gasteiger partial charge on any atom is 0.418 e. The summed E-state index contributed by atoms with van der Waals surface area (Å²) in [4.78, 5) is 30.9. The molecule has 0 aliphatic heterocycles. The molecule has 0 fully saturated rings. The zero-order valence-corrected chi connectivity index (χ0v) is 13.0. The van der Waals surface area contributed by atoms with E-state index in [0.29, 0.717) is 6.54 Å². The van der Waals surface area contributed by atoms with E-state index in [9.17, 15) is 22.8 Å². The first-order valence-corrected chi connectivity index (χ1v) is 7.34. The zero-order valence-electron chi connectivity index (χ0n) is 13.0. The van der Waals surface area contributed by atoms with Crippen LogP contribution in [0.5, 0.6) is 0 Å². The Morgan fingerprint density at radius 3 is 2.44 bits per heavy atom. The molecule has 0 atom stereocenters. The Balaban J connectivity index is 1.82. The first kappa shape index (κ1) is 18.4. The second-order valence-corrected chi connectivity index (χ2v) is 5.04. The maximum atomic E-state index is 12.8. The van der Waals surface area contributed by atoms with Gasteiger partial charge in [0.05, 0.1) is 5.56 Å². The third-order valence-corrected chi connectivity index (χ3v) is 3.20. The zero-order chi connectivity index (χ0) is 18.3. The van der Waals surface area contributed by atoms with Crippen LogP contribution in [0, 0.1) is 0 Å². The van der Waals surface area contributed by atoms with Crippen molar-refractivity contribution in [1.29, 1.82) is 0 Å². The fourth-order valence-electron chi connectivity index (χ4n) is 1.98.